The van der Waals surface area contributed by atoms with Crippen LogP contribution in [0.5, 0.6) is 0 Å². The average molecular weight is 292 g/mol. The minimum Gasteiger partial charge on any atom is -0.352 e. The largest absolute Gasteiger partial charge is 0.352 e. The van der Waals surface area contributed by atoms with Gasteiger partial charge in [0, 0.05) is 52.5 Å². The first-order chi connectivity index (χ1) is 10.3. The molecule has 0 aliphatic carbocycles. The molecule has 1 aliphatic heterocycles. The number of benzene rings is 1. The number of nitrogens with zero attached hydrogens (tertiary/aromatic N) is 2. The third-order valence-corrected chi connectivity index (χ3v) is 3.83. The van der Waals surface area contributed by atoms with E-state index in [-0.39, 0.29) is 6.29 Å². The highest BCUT2D eigenvalue weighted by molar-refractivity contribution is 5.14. The third-order valence-electron chi connectivity index (χ3n) is 3.83. The molecule has 0 aromatic heterocycles. The molecule has 1 aromatic carbocycles. The van der Waals surface area contributed by atoms with Crippen molar-refractivity contribution in [3.63, 3.8) is 0 Å². The highest BCUT2D eigenvalue weighted by Crippen LogP contribution is 2.09. The quantitative estimate of drug-likeness (QED) is 0.686. The van der Waals surface area contributed by atoms with Crippen molar-refractivity contribution in [1.82, 2.24) is 9.80 Å². The number of hydrogen-bond donors (Lipinski definition) is 0. The van der Waals surface area contributed by atoms with Gasteiger partial charge in [-0.3, -0.25) is 9.80 Å². The molecule has 0 unspecified atom stereocenters. The van der Waals surface area contributed by atoms with Gasteiger partial charge in [-0.05, 0) is 19.4 Å². The fourth-order valence-corrected chi connectivity index (χ4v) is 2.71. The first-order valence-electron chi connectivity index (χ1n) is 8.03. The zero-order valence-electron chi connectivity index (χ0n) is 13.3. The van der Waals surface area contributed by atoms with E-state index in [4.69, 9.17) is 9.47 Å². The van der Waals surface area contributed by atoms with Crippen LogP contribution in [0.15, 0.2) is 30.3 Å². The van der Waals surface area contributed by atoms with E-state index in [1.165, 1.54) is 5.56 Å². The fraction of sp³-hybridized carbons (Fsp3) is 0.647. The smallest absolute Gasteiger partial charge is 0.170 e. The second-order valence-corrected chi connectivity index (χ2v) is 5.40. The van der Waals surface area contributed by atoms with Gasteiger partial charge in [-0.25, -0.2) is 0 Å². The highest BCUT2D eigenvalue weighted by atomic mass is 16.7. The maximum Gasteiger partial charge on any atom is 0.170 e. The van der Waals surface area contributed by atoms with E-state index in [0.29, 0.717) is 13.2 Å². The Kier molecular flexibility index (Phi) is 7.16. The number of ether oxygens (including phenoxy) is 2. The van der Waals surface area contributed by atoms with E-state index in [1.54, 1.807) is 0 Å². The normalized spacial score (nSPS) is 17.5. The van der Waals surface area contributed by atoms with Gasteiger partial charge < -0.3 is 9.47 Å². The first-order valence-corrected chi connectivity index (χ1v) is 8.03. The first kappa shape index (κ1) is 16.4. The Morgan fingerprint density at radius 3 is 2.05 bits per heavy atom. The van der Waals surface area contributed by atoms with E-state index < -0.39 is 0 Å². The van der Waals surface area contributed by atoms with Crippen LogP contribution < -0.4 is 0 Å². The van der Waals surface area contributed by atoms with Crippen LogP contribution in [0.2, 0.25) is 0 Å². The Morgan fingerprint density at radius 2 is 1.48 bits per heavy atom. The molecule has 4 heteroatoms. The average Bonchev–Trinajstić information content (AvgIpc) is 2.51. The van der Waals surface area contributed by atoms with Crippen molar-refractivity contribution in [2.45, 2.75) is 26.7 Å². The van der Waals surface area contributed by atoms with Crippen molar-refractivity contribution in [3.8, 4) is 0 Å². The van der Waals surface area contributed by atoms with Crippen LogP contribution in [0.25, 0.3) is 0 Å². The summed E-state index contributed by atoms with van der Waals surface area (Å²) < 4.78 is 11.3. The van der Waals surface area contributed by atoms with Crippen molar-refractivity contribution >= 4 is 0 Å². The molecule has 118 valence electrons. The number of piperazine rings is 1. The Balaban J connectivity index is 1.72. The van der Waals surface area contributed by atoms with Gasteiger partial charge in [0.05, 0.1) is 0 Å². The lowest BCUT2D eigenvalue weighted by Gasteiger charge is -2.36. The summed E-state index contributed by atoms with van der Waals surface area (Å²) in [6.45, 7) is 11.8. The Bertz CT molecular complexity index is 372. The SMILES string of the molecule is CCOC(CN1CCN(Cc2ccccc2)CC1)OCC. The second kappa shape index (κ2) is 9.15. The highest BCUT2D eigenvalue weighted by Gasteiger charge is 2.20. The third kappa shape index (κ3) is 5.75. The van der Waals surface area contributed by atoms with Crippen LogP contribution in [0.4, 0.5) is 0 Å². The molecule has 0 saturated carbocycles. The second-order valence-electron chi connectivity index (χ2n) is 5.40. The van der Waals surface area contributed by atoms with Gasteiger partial charge in [0.2, 0.25) is 0 Å². The summed E-state index contributed by atoms with van der Waals surface area (Å²) in [6, 6.07) is 10.7. The molecule has 4 nitrogen and oxygen atoms in total. The van der Waals surface area contributed by atoms with Crippen LogP contribution in [-0.4, -0.2) is 62.0 Å². The summed E-state index contributed by atoms with van der Waals surface area (Å²) in [6.07, 6.45) is -0.0827. The van der Waals surface area contributed by atoms with Gasteiger partial charge in [0.1, 0.15) is 0 Å². The van der Waals surface area contributed by atoms with Gasteiger partial charge in [-0.15, -0.1) is 0 Å². The van der Waals surface area contributed by atoms with Crippen molar-refractivity contribution in [2.24, 2.45) is 0 Å². The van der Waals surface area contributed by atoms with Crippen molar-refractivity contribution in [1.29, 1.82) is 0 Å². The van der Waals surface area contributed by atoms with E-state index >= 15 is 0 Å². The lowest BCUT2D eigenvalue weighted by molar-refractivity contribution is -0.149. The fourth-order valence-electron chi connectivity index (χ4n) is 2.71. The minimum atomic E-state index is -0.0827. The van der Waals surface area contributed by atoms with Gasteiger partial charge in [-0.2, -0.15) is 0 Å². The summed E-state index contributed by atoms with van der Waals surface area (Å²) in [7, 11) is 0. The lowest BCUT2D eigenvalue weighted by atomic mass is 10.2. The molecule has 0 radical (unpaired) electrons. The molecule has 1 heterocycles. The van der Waals surface area contributed by atoms with Crippen LogP contribution in [0, 0.1) is 0 Å². The molecule has 21 heavy (non-hydrogen) atoms. The van der Waals surface area contributed by atoms with Gasteiger partial charge in [0.25, 0.3) is 0 Å². The molecular weight excluding hydrogens is 264 g/mol. The Hall–Kier alpha value is -0.940. The molecule has 0 atom stereocenters. The van der Waals surface area contributed by atoms with Crippen molar-refractivity contribution in [2.75, 3.05) is 45.9 Å². The predicted molar refractivity (Wildman–Crippen MR) is 85.2 cm³/mol. The summed E-state index contributed by atoms with van der Waals surface area (Å²) in [5, 5.41) is 0. The van der Waals surface area contributed by atoms with E-state index in [2.05, 4.69) is 40.1 Å². The minimum absolute atomic E-state index is 0.0827. The standard InChI is InChI=1S/C17H28N2O2/c1-3-20-17(21-4-2)15-19-12-10-18(11-13-19)14-16-8-6-5-7-9-16/h5-9,17H,3-4,10-15H2,1-2H3. The van der Waals surface area contributed by atoms with Crippen LogP contribution in [0.1, 0.15) is 19.4 Å². The zero-order chi connectivity index (χ0) is 14.9. The molecule has 1 aromatic rings. The maximum absolute atomic E-state index is 5.63. The molecule has 2 rings (SSSR count). The Morgan fingerprint density at radius 1 is 0.905 bits per heavy atom. The van der Waals surface area contributed by atoms with E-state index in [0.717, 1.165) is 39.3 Å². The molecule has 0 spiro atoms. The molecule has 1 aliphatic rings. The zero-order valence-corrected chi connectivity index (χ0v) is 13.3. The topological polar surface area (TPSA) is 24.9 Å². The number of hydrogen-bond acceptors (Lipinski definition) is 4. The predicted octanol–water partition coefficient (Wildman–Crippen LogP) is 2.20. The van der Waals surface area contributed by atoms with E-state index in [1.807, 2.05) is 13.8 Å². The summed E-state index contributed by atoms with van der Waals surface area (Å²) in [5.41, 5.74) is 1.40. The van der Waals surface area contributed by atoms with Gasteiger partial charge >= 0.3 is 0 Å². The molecule has 1 fully saturated rings. The van der Waals surface area contributed by atoms with Crippen LogP contribution >= 0.6 is 0 Å². The molecule has 0 amide bonds. The van der Waals surface area contributed by atoms with Crippen LogP contribution in [-0.2, 0) is 16.0 Å². The monoisotopic (exact) mass is 292 g/mol. The Labute approximate surface area is 128 Å². The van der Waals surface area contributed by atoms with Gasteiger partial charge in [0.15, 0.2) is 6.29 Å². The van der Waals surface area contributed by atoms with Crippen molar-refractivity contribution < 1.29 is 9.47 Å². The molecule has 1 saturated heterocycles. The molecular formula is C17H28N2O2. The van der Waals surface area contributed by atoms with Crippen LogP contribution in [0.3, 0.4) is 0 Å². The van der Waals surface area contributed by atoms with Crippen molar-refractivity contribution in [3.05, 3.63) is 35.9 Å². The summed E-state index contributed by atoms with van der Waals surface area (Å²) in [4.78, 5) is 4.96. The van der Waals surface area contributed by atoms with E-state index in [9.17, 15) is 0 Å². The molecule has 0 bridgehead atoms. The summed E-state index contributed by atoms with van der Waals surface area (Å²) in [5.74, 6) is 0. The lowest BCUT2D eigenvalue weighted by Crippen LogP contribution is -2.48. The number of rotatable bonds is 8. The van der Waals surface area contributed by atoms with Gasteiger partial charge in [-0.1, -0.05) is 30.3 Å². The molecule has 0 N–H and O–H groups in total. The summed E-state index contributed by atoms with van der Waals surface area (Å²) >= 11 is 0. The maximum atomic E-state index is 5.63.